The Kier molecular flexibility index (Phi) is 4.48. The van der Waals surface area contributed by atoms with E-state index >= 15 is 0 Å². The molecule has 3 N–H and O–H groups in total. The van der Waals surface area contributed by atoms with Crippen molar-refractivity contribution in [3.05, 3.63) is 47.3 Å². The largest absolute Gasteiger partial charge is 0.349 e. The number of nitrogens with zero attached hydrogens (tertiary/aromatic N) is 2. The highest BCUT2D eigenvalue weighted by atomic mass is 16.1. The molecule has 1 fully saturated rings. The van der Waals surface area contributed by atoms with E-state index in [-0.39, 0.29) is 18.0 Å². The summed E-state index contributed by atoms with van der Waals surface area (Å²) in [6.07, 6.45) is 5.53. The van der Waals surface area contributed by atoms with Crippen LogP contribution >= 0.6 is 0 Å². The van der Waals surface area contributed by atoms with E-state index in [0.717, 1.165) is 42.6 Å². The fourth-order valence-corrected chi connectivity index (χ4v) is 3.20. The molecule has 1 aromatic carbocycles. The van der Waals surface area contributed by atoms with E-state index in [0.29, 0.717) is 5.56 Å². The van der Waals surface area contributed by atoms with Gasteiger partial charge in [-0.15, -0.1) is 0 Å². The summed E-state index contributed by atoms with van der Waals surface area (Å²) in [4.78, 5) is 12.5. The van der Waals surface area contributed by atoms with Gasteiger partial charge in [0.2, 0.25) is 0 Å². The zero-order valence-corrected chi connectivity index (χ0v) is 13.7. The lowest BCUT2D eigenvalue weighted by Crippen LogP contribution is -2.40. The first kappa shape index (κ1) is 15.7. The number of aryl methyl sites for hydroxylation is 1. The van der Waals surface area contributed by atoms with Gasteiger partial charge < -0.3 is 11.1 Å². The number of amides is 1. The molecule has 0 atom stereocenters. The molecule has 3 rings (SSSR count). The Morgan fingerprint density at radius 1 is 1.22 bits per heavy atom. The summed E-state index contributed by atoms with van der Waals surface area (Å²) >= 11 is 0. The van der Waals surface area contributed by atoms with Crippen molar-refractivity contribution in [2.75, 3.05) is 0 Å². The molecule has 0 unspecified atom stereocenters. The second-order valence-electron chi connectivity index (χ2n) is 6.43. The van der Waals surface area contributed by atoms with Crippen LogP contribution in [0.25, 0.3) is 5.69 Å². The van der Waals surface area contributed by atoms with Crippen LogP contribution in [0.4, 0.5) is 0 Å². The van der Waals surface area contributed by atoms with Crippen molar-refractivity contribution in [3.63, 3.8) is 0 Å². The van der Waals surface area contributed by atoms with E-state index in [1.165, 1.54) is 0 Å². The summed E-state index contributed by atoms with van der Waals surface area (Å²) in [5.41, 5.74) is 9.56. The molecule has 1 aliphatic carbocycles. The summed E-state index contributed by atoms with van der Waals surface area (Å²) in [6.45, 7) is 3.98. The third kappa shape index (κ3) is 3.29. The molecule has 5 nitrogen and oxygen atoms in total. The Balaban J connectivity index is 1.76. The summed E-state index contributed by atoms with van der Waals surface area (Å²) in [5.74, 6) is -0.0391. The van der Waals surface area contributed by atoms with E-state index < -0.39 is 0 Å². The van der Waals surface area contributed by atoms with E-state index in [1.54, 1.807) is 6.20 Å². The van der Waals surface area contributed by atoms with Crippen LogP contribution in [0, 0.1) is 13.8 Å². The van der Waals surface area contributed by atoms with Gasteiger partial charge in [0.1, 0.15) is 0 Å². The summed E-state index contributed by atoms with van der Waals surface area (Å²) < 4.78 is 1.83. The molecule has 122 valence electrons. The standard InChI is InChI=1S/C18H24N4O/c1-12-5-3-4-6-17(12)22-13(2)16(11-20-22)18(23)21-15-9-7-14(19)8-10-15/h3-6,11,14-15H,7-10,19H2,1-2H3,(H,21,23). The van der Waals surface area contributed by atoms with Gasteiger partial charge in [-0.2, -0.15) is 5.10 Å². The van der Waals surface area contributed by atoms with E-state index in [9.17, 15) is 4.79 Å². The van der Waals surface area contributed by atoms with Crippen LogP contribution in [0.2, 0.25) is 0 Å². The number of para-hydroxylation sites is 1. The first-order valence-electron chi connectivity index (χ1n) is 8.23. The molecule has 1 heterocycles. The molecule has 0 spiro atoms. The molecular formula is C18H24N4O. The zero-order chi connectivity index (χ0) is 16.4. The molecule has 1 saturated carbocycles. The SMILES string of the molecule is Cc1ccccc1-n1ncc(C(=O)NC2CCC(N)CC2)c1C. The Bertz CT molecular complexity index is 699. The first-order chi connectivity index (χ1) is 11.1. The van der Waals surface area contributed by atoms with Crippen LogP contribution in [0.5, 0.6) is 0 Å². The minimum atomic E-state index is -0.0391. The molecule has 0 radical (unpaired) electrons. The lowest BCUT2D eigenvalue weighted by atomic mass is 9.91. The summed E-state index contributed by atoms with van der Waals surface area (Å²) in [7, 11) is 0. The van der Waals surface area contributed by atoms with E-state index in [1.807, 2.05) is 42.8 Å². The molecule has 0 saturated heterocycles. The second kappa shape index (κ2) is 6.54. The molecule has 5 heteroatoms. The molecule has 1 aromatic heterocycles. The van der Waals surface area contributed by atoms with E-state index in [4.69, 9.17) is 5.73 Å². The number of carbonyl (C=O) groups is 1. The van der Waals surface area contributed by atoms with Gasteiger partial charge >= 0.3 is 0 Å². The topological polar surface area (TPSA) is 72.9 Å². The van der Waals surface area contributed by atoms with Gasteiger partial charge in [0, 0.05) is 12.1 Å². The molecular weight excluding hydrogens is 288 g/mol. The van der Waals surface area contributed by atoms with Gasteiger partial charge in [-0.25, -0.2) is 4.68 Å². The lowest BCUT2D eigenvalue weighted by molar-refractivity contribution is 0.0925. The number of rotatable bonds is 3. The molecule has 0 bridgehead atoms. The lowest BCUT2D eigenvalue weighted by Gasteiger charge is -2.26. The Morgan fingerprint density at radius 2 is 1.91 bits per heavy atom. The second-order valence-corrected chi connectivity index (χ2v) is 6.43. The smallest absolute Gasteiger partial charge is 0.254 e. The van der Waals surface area contributed by atoms with Gasteiger partial charge in [-0.05, 0) is 51.2 Å². The number of carbonyl (C=O) groups excluding carboxylic acids is 1. The highest BCUT2D eigenvalue weighted by molar-refractivity contribution is 5.95. The monoisotopic (exact) mass is 312 g/mol. The maximum absolute atomic E-state index is 12.5. The predicted octanol–water partition coefficient (Wildman–Crippen LogP) is 2.49. The zero-order valence-electron chi connectivity index (χ0n) is 13.7. The van der Waals surface area contributed by atoms with Gasteiger partial charge in [0.15, 0.2) is 0 Å². The van der Waals surface area contributed by atoms with Crippen molar-refractivity contribution >= 4 is 5.91 Å². The first-order valence-corrected chi connectivity index (χ1v) is 8.23. The van der Waals surface area contributed by atoms with Crippen LogP contribution in [0.1, 0.15) is 47.3 Å². The highest BCUT2D eigenvalue weighted by Crippen LogP contribution is 2.20. The van der Waals surface area contributed by atoms with Crippen molar-refractivity contribution in [1.82, 2.24) is 15.1 Å². The predicted molar refractivity (Wildman–Crippen MR) is 90.7 cm³/mol. The average molecular weight is 312 g/mol. The quantitative estimate of drug-likeness (QED) is 0.914. The molecule has 1 amide bonds. The third-order valence-electron chi connectivity index (χ3n) is 4.71. The number of benzene rings is 1. The minimum absolute atomic E-state index is 0.0391. The van der Waals surface area contributed by atoms with Crippen molar-refractivity contribution in [1.29, 1.82) is 0 Å². The Morgan fingerprint density at radius 3 is 2.61 bits per heavy atom. The van der Waals surface area contributed by atoms with Crippen LogP contribution in [-0.2, 0) is 0 Å². The van der Waals surface area contributed by atoms with Crippen molar-refractivity contribution in [2.45, 2.75) is 51.6 Å². The number of nitrogens with one attached hydrogen (secondary N) is 1. The van der Waals surface area contributed by atoms with E-state index in [2.05, 4.69) is 10.4 Å². The van der Waals surface area contributed by atoms with Crippen molar-refractivity contribution in [2.24, 2.45) is 5.73 Å². The fourth-order valence-electron chi connectivity index (χ4n) is 3.20. The summed E-state index contributed by atoms with van der Waals surface area (Å²) in [6, 6.07) is 8.55. The van der Waals surface area contributed by atoms with Crippen molar-refractivity contribution in [3.8, 4) is 5.69 Å². The van der Waals surface area contributed by atoms with Crippen LogP contribution in [0.3, 0.4) is 0 Å². The average Bonchev–Trinajstić information content (AvgIpc) is 2.92. The Hall–Kier alpha value is -2.14. The number of hydrogen-bond donors (Lipinski definition) is 2. The maximum atomic E-state index is 12.5. The van der Waals surface area contributed by atoms with Gasteiger partial charge in [-0.1, -0.05) is 18.2 Å². The van der Waals surface area contributed by atoms with Crippen molar-refractivity contribution < 1.29 is 4.79 Å². The molecule has 2 aromatic rings. The normalized spacial score (nSPS) is 21.2. The number of nitrogens with two attached hydrogens (primary N) is 1. The Labute approximate surface area is 136 Å². The van der Waals surface area contributed by atoms with Gasteiger partial charge in [0.05, 0.1) is 23.1 Å². The van der Waals surface area contributed by atoms with Crippen LogP contribution in [0.15, 0.2) is 30.5 Å². The molecule has 1 aliphatic rings. The minimum Gasteiger partial charge on any atom is -0.349 e. The van der Waals surface area contributed by atoms with Crippen LogP contribution < -0.4 is 11.1 Å². The highest BCUT2D eigenvalue weighted by Gasteiger charge is 2.22. The van der Waals surface area contributed by atoms with Crippen LogP contribution in [-0.4, -0.2) is 27.8 Å². The maximum Gasteiger partial charge on any atom is 0.254 e. The summed E-state index contributed by atoms with van der Waals surface area (Å²) in [5, 5.41) is 7.54. The van der Waals surface area contributed by atoms with Gasteiger partial charge in [0.25, 0.3) is 5.91 Å². The molecule has 0 aliphatic heterocycles. The number of aromatic nitrogens is 2. The third-order valence-corrected chi connectivity index (χ3v) is 4.71. The molecule has 23 heavy (non-hydrogen) atoms. The fraction of sp³-hybridized carbons (Fsp3) is 0.444. The number of hydrogen-bond acceptors (Lipinski definition) is 3. The van der Waals surface area contributed by atoms with Gasteiger partial charge in [-0.3, -0.25) is 4.79 Å².